The van der Waals surface area contributed by atoms with Crippen LogP contribution in [0.15, 0.2) is 66.7 Å². The summed E-state index contributed by atoms with van der Waals surface area (Å²) in [6.07, 6.45) is 2.86. The van der Waals surface area contributed by atoms with E-state index in [2.05, 4.69) is 42.8 Å². The van der Waals surface area contributed by atoms with Gasteiger partial charge in [0, 0.05) is 23.2 Å². The first-order valence-corrected chi connectivity index (χ1v) is 11.6. The first kappa shape index (κ1) is 24.2. The zero-order valence-electron chi connectivity index (χ0n) is 19.4. The smallest absolute Gasteiger partial charge is 0.406 e. The minimum Gasteiger partial charge on any atom is -0.406 e. The van der Waals surface area contributed by atoms with Crippen molar-refractivity contribution < 1.29 is 22.7 Å². The minimum atomic E-state index is -4.74. The molecular formula is C25H22F3N7O2. The number of nitrogens with one attached hydrogen (secondary N) is 2. The van der Waals surface area contributed by atoms with E-state index in [9.17, 15) is 18.0 Å². The number of halogens is 3. The molecule has 1 aliphatic carbocycles. The van der Waals surface area contributed by atoms with Gasteiger partial charge < -0.3 is 4.74 Å². The number of ether oxygens (including phenoxy) is 1. The van der Waals surface area contributed by atoms with Gasteiger partial charge in [-0.3, -0.25) is 14.8 Å². The molecule has 37 heavy (non-hydrogen) atoms. The fraction of sp³-hybridized carbons (Fsp3) is 0.240. The van der Waals surface area contributed by atoms with Gasteiger partial charge >= 0.3 is 6.36 Å². The highest BCUT2D eigenvalue weighted by Gasteiger charge is 2.31. The lowest BCUT2D eigenvalue weighted by atomic mass is 10.0. The number of aromatic nitrogens is 6. The van der Waals surface area contributed by atoms with Gasteiger partial charge in [-0.15, -0.1) is 18.3 Å². The van der Waals surface area contributed by atoms with Gasteiger partial charge in [-0.05, 0) is 72.5 Å². The van der Waals surface area contributed by atoms with Crippen LogP contribution in [0.3, 0.4) is 0 Å². The molecule has 0 aliphatic heterocycles. The summed E-state index contributed by atoms with van der Waals surface area (Å²) in [5, 5.41) is 20.5. The number of amides is 1. The van der Waals surface area contributed by atoms with E-state index in [1.54, 1.807) is 24.3 Å². The van der Waals surface area contributed by atoms with Crippen LogP contribution in [0.25, 0.3) is 11.3 Å². The van der Waals surface area contributed by atoms with E-state index in [0.717, 1.165) is 30.5 Å². The van der Waals surface area contributed by atoms with E-state index in [-0.39, 0.29) is 23.6 Å². The predicted molar refractivity (Wildman–Crippen MR) is 128 cm³/mol. The van der Waals surface area contributed by atoms with Crippen molar-refractivity contribution in [3.05, 3.63) is 83.6 Å². The number of alkyl halides is 3. The quantitative estimate of drug-likeness (QED) is 0.336. The Morgan fingerprint density at radius 1 is 1.11 bits per heavy atom. The van der Waals surface area contributed by atoms with Crippen LogP contribution in [0, 0.1) is 0 Å². The highest BCUT2D eigenvalue weighted by Crippen LogP contribution is 2.31. The predicted octanol–water partition coefficient (Wildman–Crippen LogP) is 5.09. The van der Waals surface area contributed by atoms with Gasteiger partial charge in [0.25, 0.3) is 11.9 Å². The van der Waals surface area contributed by atoms with Crippen molar-refractivity contribution in [2.45, 2.75) is 38.1 Å². The molecule has 9 nitrogen and oxygen atoms in total. The third-order valence-electron chi connectivity index (χ3n) is 5.96. The monoisotopic (exact) mass is 509 g/mol. The van der Waals surface area contributed by atoms with Crippen molar-refractivity contribution in [2.75, 3.05) is 5.32 Å². The number of hydrogen-bond donors (Lipinski definition) is 2. The third-order valence-corrected chi connectivity index (χ3v) is 5.96. The lowest BCUT2D eigenvalue weighted by Gasteiger charge is -2.21. The number of carbonyl (C=O) groups is 1. The number of tetrazole rings is 1. The molecule has 4 aromatic rings. The fourth-order valence-corrected chi connectivity index (χ4v) is 4.22. The lowest BCUT2D eigenvalue weighted by Crippen LogP contribution is -2.16. The van der Waals surface area contributed by atoms with Gasteiger partial charge in [-0.25, -0.2) is 0 Å². The highest BCUT2D eigenvalue weighted by atomic mass is 19.4. The molecule has 0 spiro atoms. The summed E-state index contributed by atoms with van der Waals surface area (Å²) >= 11 is 0. The van der Waals surface area contributed by atoms with Crippen LogP contribution in [0.4, 0.5) is 19.1 Å². The molecule has 0 saturated carbocycles. The average Bonchev–Trinajstić information content (AvgIpc) is 3.55. The number of carbonyl (C=O) groups excluding carboxylic acids is 1. The fourth-order valence-electron chi connectivity index (χ4n) is 4.22. The summed E-state index contributed by atoms with van der Waals surface area (Å²) in [7, 11) is 0. The van der Waals surface area contributed by atoms with Crippen molar-refractivity contribution >= 4 is 11.9 Å². The maximum Gasteiger partial charge on any atom is 0.573 e. The number of rotatable bonds is 7. The van der Waals surface area contributed by atoms with Crippen LogP contribution >= 0.6 is 0 Å². The van der Waals surface area contributed by atoms with Crippen molar-refractivity contribution in [1.82, 2.24) is 30.4 Å². The van der Waals surface area contributed by atoms with Gasteiger partial charge in [0.1, 0.15) is 5.75 Å². The Morgan fingerprint density at radius 2 is 1.89 bits per heavy atom. The first-order valence-electron chi connectivity index (χ1n) is 11.6. The molecule has 0 saturated heterocycles. The largest absolute Gasteiger partial charge is 0.573 e. The Labute approximate surface area is 209 Å². The normalized spacial score (nSPS) is 15.5. The van der Waals surface area contributed by atoms with Crippen molar-refractivity contribution in [1.29, 1.82) is 0 Å². The standard InChI is InChI=1S/C25H22F3N7O2/c26-25(27,28)37-21-12-10-17(11-13-21)22-15-20(35(32-22)19-4-2-1-3-5-19)14-16-6-8-18(9-7-16)23(36)29-24-30-33-34-31-24/h1-2,6-13,15,19H,3-5,14H2,(H2,29,30,31,33,34,36). The zero-order valence-corrected chi connectivity index (χ0v) is 19.4. The zero-order chi connectivity index (χ0) is 25.8. The van der Waals surface area contributed by atoms with Crippen molar-refractivity contribution in [3.63, 3.8) is 0 Å². The number of nitrogens with zero attached hydrogens (tertiary/aromatic N) is 5. The van der Waals surface area contributed by atoms with Gasteiger partial charge in [0.15, 0.2) is 0 Å². The molecule has 12 heteroatoms. The van der Waals surface area contributed by atoms with E-state index in [1.807, 2.05) is 22.9 Å². The molecule has 1 unspecified atom stereocenters. The molecule has 1 atom stereocenters. The summed E-state index contributed by atoms with van der Waals surface area (Å²) in [6.45, 7) is 0. The Balaban J connectivity index is 1.37. The van der Waals surface area contributed by atoms with E-state index in [4.69, 9.17) is 5.10 Å². The third kappa shape index (κ3) is 6.02. The number of H-pyrrole nitrogens is 1. The van der Waals surface area contributed by atoms with Gasteiger partial charge in [-0.2, -0.15) is 10.3 Å². The maximum atomic E-state index is 12.5. The topological polar surface area (TPSA) is 111 Å². The Morgan fingerprint density at radius 3 is 2.54 bits per heavy atom. The molecule has 2 N–H and O–H groups in total. The average molecular weight is 509 g/mol. The second-order valence-corrected chi connectivity index (χ2v) is 8.54. The Kier molecular flexibility index (Phi) is 6.71. The molecular weight excluding hydrogens is 487 g/mol. The van der Waals surface area contributed by atoms with Crippen LogP contribution in [0.2, 0.25) is 0 Å². The molecule has 1 aliphatic rings. The number of allylic oxidation sites excluding steroid dienone is 2. The number of hydrogen-bond acceptors (Lipinski definition) is 6. The maximum absolute atomic E-state index is 12.5. The Hall–Kier alpha value is -4.48. The van der Waals surface area contributed by atoms with E-state index in [0.29, 0.717) is 23.2 Å². The second kappa shape index (κ2) is 10.2. The number of benzene rings is 2. The summed E-state index contributed by atoms with van der Waals surface area (Å²) in [5.41, 5.74) is 3.74. The molecule has 2 heterocycles. The summed E-state index contributed by atoms with van der Waals surface area (Å²) in [5.74, 6) is -0.547. The molecule has 1 amide bonds. The molecule has 0 radical (unpaired) electrons. The van der Waals surface area contributed by atoms with Gasteiger partial charge in [0.05, 0.1) is 11.7 Å². The SMILES string of the molecule is O=C(Nc1nn[nH]n1)c1ccc(Cc2cc(-c3ccc(OC(F)(F)F)cc3)nn2C2CC=CCC2)cc1. The van der Waals surface area contributed by atoms with Crippen LogP contribution in [-0.2, 0) is 6.42 Å². The minimum absolute atomic E-state index is 0.0880. The van der Waals surface area contributed by atoms with E-state index in [1.165, 1.54) is 12.1 Å². The Bertz CT molecular complexity index is 1380. The highest BCUT2D eigenvalue weighted by molar-refractivity contribution is 6.03. The summed E-state index contributed by atoms with van der Waals surface area (Å²) in [4.78, 5) is 12.4. The molecule has 5 rings (SSSR count). The molecule has 0 fully saturated rings. The van der Waals surface area contributed by atoms with Crippen LogP contribution in [0.1, 0.15) is 46.9 Å². The molecule has 190 valence electrons. The van der Waals surface area contributed by atoms with Crippen LogP contribution in [-0.4, -0.2) is 42.7 Å². The van der Waals surface area contributed by atoms with Crippen molar-refractivity contribution in [2.24, 2.45) is 0 Å². The van der Waals surface area contributed by atoms with E-state index >= 15 is 0 Å². The summed E-state index contributed by atoms with van der Waals surface area (Å²) in [6, 6.07) is 15.0. The number of aromatic amines is 1. The molecule has 2 aromatic heterocycles. The van der Waals surface area contributed by atoms with Crippen molar-refractivity contribution in [3.8, 4) is 17.0 Å². The lowest BCUT2D eigenvalue weighted by molar-refractivity contribution is -0.274. The summed E-state index contributed by atoms with van der Waals surface area (Å²) < 4.78 is 43.5. The van der Waals surface area contributed by atoms with Gasteiger partial charge in [-0.1, -0.05) is 29.4 Å². The molecule has 0 bridgehead atoms. The molecule has 2 aromatic carbocycles. The first-order chi connectivity index (χ1) is 17.8. The van der Waals surface area contributed by atoms with Crippen LogP contribution < -0.4 is 10.1 Å². The van der Waals surface area contributed by atoms with Gasteiger partial charge in [0.2, 0.25) is 0 Å². The van der Waals surface area contributed by atoms with Crippen LogP contribution in [0.5, 0.6) is 5.75 Å². The second-order valence-electron chi connectivity index (χ2n) is 8.54. The number of anilines is 1. The van der Waals surface area contributed by atoms with E-state index < -0.39 is 6.36 Å².